The van der Waals surface area contributed by atoms with E-state index >= 15 is 0 Å². The molecule has 27 heavy (non-hydrogen) atoms. The van der Waals surface area contributed by atoms with Gasteiger partial charge >= 0.3 is 5.97 Å². The van der Waals surface area contributed by atoms with Crippen molar-refractivity contribution in [2.75, 3.05) is 16.4 Å². The Balaban J connectivity index is 1.78. The topological polar surface area (TPSA) is 87.4 Å². The van der Waals surface area contributed by atoms with Crippen molar-refractivity contribution in [3.63, 3.8) is 0 Å². The van der Waals surface area contributed by atoms with Gasteiger partial charge in [0.15, 0.2) is 0 Å². The Bertz CT molecular complexity index is 883. The predicted molar refractivity (Wildman–Crippen MR) is 110 cm³/mol. The molecule has 0 aliphatic carbocycles. The van der Waals surface area contributed by atoms with E-state index in [0.29, 0.717) is 17.9 Å². The van der Waals surface area contributed by atoms with Crippen LogP contribution in [0.15, 0.2) is 78.9 Å². The molecular formula is C22H23N3O2. The zero-order valence-electron chi connectivity index (χ0n) is 14.9. The predicted octanol–water partition coefficient (Wildman–Crippen LogP) is 4.51. The maximum atomic E-state index is 11.3. The van der Waals surface area contributed by atoms with Crippen molar-refractivity contribution in [1.82, 2.24) is 0 Å². The summed E-state index contributed by atoms with van der Waals surface area (Å²) in [5.41, 5.74) is 10.5. The number of anilines is 3. The summed E-state index contributed by atoms with van der Waals surface area (Å²) in [6, 6.07) is 24.9. The van der Waals surface area contributed by atoms with Crippen LogP contribution in [-0.2, 0) is 11.3 Å². The maximum absolute atomic E-state index is 11.3. The van der Waals surface area contributed by atoms with Crippen LogP contribution in [0.5, 0.6) is 0 Å². The molecule has 0 aromatic heterocycles. The molecule has 0 amide bonds. The highest BCUT2D eigenvalue weighted by Crippen LogP contribution is 2.31. The van der Waals surface area contributed by atoms with Crippen LogP contribution in [-0.4, -0.2) is 11.1 Å². The van der Waals surface area contributed by atoms with Crippen molar-refractivity contribution in [3.8, 4) is 0 Å². The van der Waals surface area contributed by atoms with Crippen LogP contribution in [0.2, 0.25) is 0 Å². The molecule has 5 heteroatoms. The largest absolute Gasteiger partial charge is 0.481 e. The van der Waals surface area contributed by atoms with E-state index in [1.54, 1.807) is 0 Å². The quantitative estimate of drug-likeness (QED) is 0.444. The highest BCUT2D eigenvalue weighted by molar-refractivity contribution is 5.81. The molecule has 0 aliphatic rings. The zero-order chi connectivity index (χ0) is 19.1. The fourth-order valence-corrected chi connectivity index (χ4v) is 2.94. The first-order valence-corrected chi connectivity index (χ1v) is 8.83. The minimum Gasteiger partial charge on any atom is -0.481 e. The number of hydrogen-bond acceptors (Lipinski definition) is 4. The second-order valence-corrected chi connectivity index (χ2v) is 6.31. The van der Waals surface area contributed by atoms with Gasteiger partial charge in [0, 0.05) is 6.54 Å². The third-order valence-electron chi connectivity index (χ3n) is 4.34. The summed E-state index contributed by atoms with van der Waals surface area (Å²) < 4.78 is 0. The minimum absolute atomic E-state index is 0.0366. The fourth-order valence-electron chi connectivity index (χ4n) is 2.94. The third kappa shape index (κ3) is 5.01. The number of nitrogens with one attached hydrogen (secondary N) is 2. The normalized spacial score (nSPS) is 11.6. The lowest BCUT2D eigenvalue weighted by Gasteiger charge is -2.21. The lowest BCUT2D eigenvalue weighted by molar-refractivity contribution is -0.137. The Kier molecular flexibility index (Phi) is 5.94. The molecule has 1 atom stereocenters. The first-order valence-electron chi connectivity index (χ1n) is 8.83. The summed E-state index contributed by atoms with van der Waals surface area (Å²) in [5.74, 6) is -0.867. The molecular weight excluding hydrogens is 338 g/mol. The number of nitrogens with two attached hydrogens (primary N) is 1. The van der Waals surface area contributed by atoms with Gasteiger partial charge in [-0.2, -0.15) is 0 Å². The van der Waals surface area contributed by atoms with Gasteiger partial charge in [-0.1, -0.05) is 66.7 Å². The Morgan fingerprint density at radius 2 is 1.52 bits per heavy atom. The lowest BCUT2D eigenvalue weighted by Crippen LogP contribution is -2.16. The number of benzene rings is 3. The maximum Gasteiger partial charge on any atom is 0.305 e. The van der Waals surface area contributed by atoms with Crippen LogP contribution >= 0.6 is 0 Å². The fraction of sp³-hybridized carbons (Fsp3) is 0.136. The molecule has 3 aromatic rings. The third-order valence-corrected chi connectivity index (χ3v) is 4.34. The standard InChI is InChI=1S/C22H23N3O2/c23-22-18(24-15-16-8-3-1-4-9-16)12-7-13-19(22)25-20(14-21(26)27)17-10-5-2-6-11-17/h1-13,20,24-25H,14-15,23H2,(H,26,27). The molecule has 0 spiro atoms. The number of nitrogen functional groups attached to an aromatic ring is 1. The van der Waals surface area contributed by atoms with Gasteiger partial charge in [0.1, 0.15) is 0 Å². The van der Waals surface area contributed by atoms with E-state index in [9.17, 15) is 9.90 Å². The molecule has 0 saturated carbocycles. The van der Waals surface area contributed by atoms with Crippen LogP contribution in [0.3, 0.4) is 0 Å². The van der Waals surface area contributed by atoms with Crippen LogP contribution in [0.1, 0.15) is 23.6 Å². The van der Waals surface area contributed by atoms with E-state index < -0.39 is 5.97 Å². The molecule has 0 heterocycles. The van der Waals surface area contributed by atoms with Gasteiger partial charge in [-0.15, -0.1) is 0 Å². The number of aliphatic carboxylic acids is 1. The summed E-state index contributed by atoms with van der Waals surface area (Å²) in [6.07, 6.45) is -0.0366. The Morgan fingerprint density at radius 3 is 2.19 bits per heavy atom. The highest BCUT2D eigenvalue weighted by atomic mass is 16.4. The molecule has 0 radical (unpaired) electrons. The average molecular weight is 361 g/mol. The number of carboxylic acids is 1. The second kappa shape index (κ2) is 8.76. The molecule has 0 bridgehead atoms. The first kappa shape index (κ1) is 18.3. The molecule has 1 unspecified atom stereocenters. The number of rotatable bonds is 8. The van der Waals surface area contributed by atoms with Crippen LogP contribution in [0.25, 0.3) is 0 Å². The number of para-hydroxylation sites is 1. The molecule has 0 saturated heterocycles. The van der Waals surface area contributed by atoms with Crippen molar-refractivity contribution in [1.29, 1.82) is 0 Å². The second-order valence-electron chi connectivity index (χ2n) is 6.31. The van der Waals surface area contributed by atoms with Gasteiger partial charge in [0.05, 0.1) is 29.5 Å². The number of carboxylic acid groups (broad SMARTS) is 1. The molecule has 3 rings (SSSR count). The molecule has 0 aliphatic heterocycles. The summed E-state index contributed by atoms with van der Waals surface area (Å²) >= 11 is 0. The lowest BCUT2D eigenvalue weighted by atomic mass is 10.0. The van der Waals surface area contributed by atoms with Gasteiger partial charge < -0.3 is 21.5 Å². The summed E-state index contributed by atoms with van der Waals surface area (Å²) in [7, 11) is 0. The van der Waals surface area contributed by atoms with E-state index in [0.717, 1.165) is 16.8 Å². The molecule has 0 fully saturated rings. The van der Waals surface area contributed by atoms with E-state index in [1.165, 1.54) is 0 Å². The van der Waals surface area contributed by atoms with E-state index in [2.05, 4.69) is 10.6 Å². The van der Waals surface area contributed by atoms with E-state index in [-0.39, 0.29) is 12.5 Å². The van der Waals surface area contributed by atoms with Crippen molar-refractivity contribution in [2.24, 2.45) is 0 Å². The van der Waals surface area contributed by atoms with Crippen LogP contribution < -0.4 is 16.4 Å². The SMILES string of the molecule is Nc1c(NCc2ccccc2)cccc1NC(CC(=O)O)c1ccccc1. The summed E-state index contributed by atoms with van der Waals surface area (Å²) in [6.45, 7) is 0.658. The van der Waals surface area contributed by atoms with Crippen LogP contribution in [0, 0.1) is 0 Å². The van der Waals surface area contributed by atoms with E-state index in [1.807, 2.05) is 78.9 Å². The number of hydrogen-bond donors (Lipinski definition) is 4. The smallest absolute Gasteiger partial charge is 0.305 e. The average Bonchev–Trinajstić information content (AvgIpc) is 2.69. The van der Waals surface area contributed by atoms with Gasteiger partial charge in [0.2, 0.25) is 0 Å². The van der Waals surface area contributed by atoms with Gasteiger partial charge in [-0.25, -0.2) is 0 Å². The number of carbonyl (C=O) groups is 1. The van der Waals surface area contributed by atoms with Crippen molar-refractivity contribution in [3.05, 3.63) is 90.0 Å². The minimum atomic E-state index is -0.867. The summed E-state index contributed by atoms with van der Waals surface area (Å²) in [5, 5.41) is 15.9. The van der Waals surface area contributed by atoms with E-state index in [4.69, 9.17) is 5.73 Å². The van der Waals surface area contributed by atoms with Gasteiger partial charge in [0.25, 0.3) is 0 Å². The van der Waals surface area contributed by atoms with Crippen LogP contribution in [0.4, 0.5) is 17.1 Å². The molecule has 5 nitrogen and oxygen atoms in total. The van der Waals surface area contributed by atoms with Gasteiger partial charge in [-0.3, -0.25) is 4.79 Å². The molecule has 5 N–H and O–H groups in total. The van der Waals surface area contributed by atoms with Crippen molar-refractivity contribution in [2.45, 2.75) is 19.0 Å². The highest BCUT2D eigenvalue weighted by Gasteiger charge is 2.17. The monoisotopic (exact) mass is 361 g/mol. The van der Waals surface area contributed by atoms with Gasteiger partial charge in [-0.05, 0) is 23.3 Å². The van der Waals surface area contributed by atoms with Crippen molar-refractivity contribution < 1.29 is 9.90 Å². The molecule has 3 aromatic carbocycles. The Hall–Kier alpha value is -3.47. The van der Waals surface area contributed by atoms with Crippen molar-refractivity contribution >= 4 is 23.0 Å². The zero-order valence-corrected chi connectivity index (χ0v) is 14.9. The Labute approximate surface area is 158 Å². The molecule has 138 valence electrons. The Morgan fingerprint density at radius 1 is 0.889 bits per heavy atom. The first-order chi connectivity index (χ1) is 13.1. The summed E-state index contributed by atoms with van der Waals surface area (Å²) in [4.78, 5) is 11.3.